The average molecular weight is 317 g/mol. The Labute approximate surface area is 123 Å². The van der Waals surface area contributed by atoms with Crippen molar-refractivity contribution in [1.29, 1.82) is 0 Å². The lowest BCUT2D eigenvalue weighted by molar-refractivity contribution is 0.0691. The van der Waals surface area contributed by atoms with Crippen molar-refractivity contribution in [2.45, 2.75) is 38.2 Å². The molecule has 1 saturated heterocycles. The van der Waals surface area contributed by atoms with Gasteiger partial charge in [0.05, 0.1) is 6.10 Å². The molecule has 0 radical (unpaired) electrons. The molecule has 0 aliphatic carbocycles. The number of hydrogen-bond acceptors (Lipinski definition) is 5. The SMILES string of the molecule is Cc1oc(C)c(S(=O)(=O)N2CCCOC(C)C2)c1C(=O)O. The minimum atomic E-state index is -3.93. The number of sulfonamides is 1. The molecule has 1 unspecified atom stereocenters. The fourth-order valence-corrected chi connectivity index (χ4v) is 4.45. The summed E-state index contributed by atoms with van der Waals surface area (Å²) in [7, 11) is -3.93. The van der Waals surface area contributed by atoms with Gasteiger partial charge in [-0.1, -0.05) is 0 Å². The van der Waals surface area contributed by atoms with Crippen LogP contribution in [-0.4, -0.2) is 49.6 Å². The number of nitrogens with zero attached hydrogens (tertiary/aromatic N) is 1. The van der Waals surface area contributed by atoms with Crippen LogP contribution < -0.4 is 0 Å². The minimum absolute atomic E-state index is 0.0951. The van der Waals surface area contributed by atoms with Crippen LogP contribution in [0.2, 0.25) is 0 Å². The third-order valence-corrected chi connectivity index (χ3v) is 5.45. The summed E-state index contributed by atoms with van der Waals surface area (Å²) in [5.74, 6) is -1.11. The van der Waals surface area contributed by atoms with E-state index in [0.29, 0.717) is 19.6 Å². The third kappa shape index (κ3) is 2.97. The maximum atomic E-state index is 12.8. The summed E-state index contributed by atoms with van der Waals surface area (Å²) < 4.78 is 37.5. The van der Waals surface area contributed by atoms with E-state index in [1.165, 1.54) is 18.2 Å². The summed E-state index contributed by atoms with van der Waals surface area (Å²) in [6, 6.07) is 0. The summed E-state index contributed by atoms with van der Waals surface area (Å²) in [6.07, 6.45) is 0.339. The summed E-state index contributed by atoms with van der Waals surface area (Å²) >= 11 is 0. The van der Waals surface area contributed by atoms with E-state index in [4.69, 9.17) is 9.15 Å². The maximum Gasteiger partial charge on any atom is 0.340 e. The Morgan fingerprint density at radius 1 is 1.33 bits per heavy atom. The zero-order valence-corrected chi connectivity index (χ0v) is 13.1. The second-order valence-electron chi connectivity index (χ2n) is 5.12. The molecule has 7 nitrogen and oxygen atoms in total. The highest BCUT2D eigenvalue weighted by atomic mass is 32.2. The second kappa shape index (κ2) is 5.78. The van der Waals surface area contributed by atoms with E-state index in [0.717, 1.165) is 0 Å². The topological polar surface area (TPSA) is 97.0 Å². The molecule has 1 aromatic heterocycles. The first-order chi connectivity index (χ1) is 9.75. The Hall–Kier alpha value is -1.38. The summed E-state index contributed by atoms with van der Waals surface area (Å²) in [5.41, 5.74) is -0.287. The van der Waals surface area contributed by atoms with Gasteiger partial charge < -0.3 is 14.3 Å². The van der Waals surface area contributed by atoms with Gasteiger partial charge in [0.1, 0.15) is 22.0 Å². The number of furan rings is 1. The van der Waals surface area contributed by atoms with E-state index in [1.807, 2.05) is 0 Å². The lowest BCUT2D eigenvalue weighted by atomic mass is 10.2. The fourth-order valence-electron chi connectivity index (χ4n) is 2.52. The maximum absolute atomic E-state index is 12.8. The standard InChI is InChI=1S/C13H19NO6S/c1-8-7-14(5-4-6-19-8)21(17,18)12-10(3)20-9(2)11(12)13(15)16/h8H,4-7H2,1-3H3,(H,15,16). The molecule has 0 spiro atoms. The molecule has 0 amide bonds. The quantitative estimate of drug-likeness (QED) is 0.905. The third-order valence-electron chi connectivity index (χ3n) is 3.43. The average Bonchev–Trinajstić information content (AvgIpc) is 2.55. The Morgan fingerprint density at radius 2 is 2.00 bits per heavy atom. The van der Waals surface area contributed by atoms with Gasteiger partial charge in [0, 0.05) is 19.7 Å². The Balaban J connectivity index is 2.51. The highest BCUT2D eigenvalue weighted by Gasteiger charge is 2.36. The van der Waals surface area contributed by atoms with Gasteiger partial charge in [0.15, 0.2) is 0 Å². The second-order valence-corrected chi connectivity index (χ2v) is 7.00. The van der Waals surface area contributed by atoms with E-state index in [9.17, 15) is 18.3 Å². The van der Waals surface area contributed by atoms with Crippen LogP contribution in [0.25, 0.3) is 0 Å². The number of hydrogen-bond donors (Lipinski definition) is 1. The molecular weight excluding hydrogens is 298 g/mol. The van der Waals surface area contributed by atoms with Crippen LogP contribution >= 0.6 is 0 Å². The molecule has 0 aromatic carbocycles. The largest absolute Gasteiger partial charge is 0.478 e. The zero-order valence-electron chi connectivity index (χ0n) is 12.2. The molecule has 1 aromatic rings. The molecule has 21 heavy (non-hydrogen) atoms. The number of aromatic carboxylic acids is 1. The van der Waals surface area contributed by atoms with Crippen molar-refractivity contribution in [3.63, 3.8) is 0 Å². The van der Waals surface area contributed by atoms with E-state index in [2.05, 4.69) is 0 Å². The minimum Gasteiger partial charge on any atom is -0.478 e. The summed E-state index contributed by atoms with van der Waals surface area (Å²) in [6.45, 7) is 5.69. The first-order valence-electron chi connectivity index (χ1n) is 6.70. The number of aryl methyl sites for hydroxylation is 2. The molecule has 1 aliphatic rings. The Morgan fingerprint density at radius 3 is 2.62 bits per heavy atom. The highest BCUT2D eigenvalue weighted by Crippen LogP contribution is 2.30. The molecule has 0 bridgehead atoms. The number of carboxylic acids is 1. The summed E-state index contributed by atoms with van der Waals surface area (Å²) in [4.78, 5) is 11.1. The van der Waals surface area contributed by atoms with E-state index < -0.39 is 16.0 Å². The fraction of sp³-hybridized carbons (Fsp3) is 0.615. The van der Waals surface area contributed by atoms with Gasteiger partial charge in [-0.25, -0.2) is 13.2 Å². The van der Waals surface area contributed by atoms with E-state index in [1.54, 1.807) is 6.92 Å². The molecular formula is C13H19NO6S. The van der Waals surface area contributed by atoms with Gasteiger partial charge >= 0.3 is 5.97 Å². The molecule has 0 saturated carbocycles. The lowest BCUT2D eigenvalue weighted by Crippen LogP contribution is -2.36. The van der Waals surface area contributed by atoms with Crippen LogP contribution in [0.1, 0.15) is 35.2 Å². The predicted molar refractivity (Wildman–Crippen MR) is 73.9 cm³/mol. The van der Waals surface area contributed by atoms with Crippen LogP contribution in [0.15, 0.2) is 9.31 Å². The van der Waals surface area contributed by atoms with Crippen molar-refractivity contribution in [2.75, 3.05) is 19.7 Å². The van der Waals surface area contributed by atoms with Gasteiger partial charge in [-0.15, -0.1) is 0 Å². The van der Waals surface area contributed by atoms with Crippen molar-refractivity contribution >= 4 is 16.0 Å². The Kier molecular flexibility index (Phi) is 4.40. The number of carbonyl (C=O) groups is 1. The van der Waals surface area contributed by atoms with Gasteiger partial charge in [0.2, 0.25) is 10.0 Å². The van der Waals surface area contributed by atoms with Gasteiger partial charge in [0.25, 0.3) is 0 Å². The van der Waals surface area contributed by atoms with Crippen molar-refractivity contribution in [3.8, 4) is 0 Å². The normalized spacial score (nSPS) is 21.2. The Bertz CT molecular complexity index is 648. The van der Waals surface area contributed by atoms with Crippen molar-refractivity contribution in [1.82, 2.24) is 4.31 Å². The number of carboxylic acid groups (broad SMARTS) is 1. The molecule has 8 heteroatoms. The molecule has 2 heterocycles. The molecule has 1 N–H and O–H groups in total. The zero-order chi connectivity index (χ0) is 15.8. The predicted octanol–water partition coefficient (Wildman–Crippen LogP) is 1.39. The first-order valence-corrected chi connectivity index (χ1v) is 8.14. The summed E-state index contributed by atoms with van der Waals surface area (Å²) in [5, 5.41) is 9.26. The lowest BCUT2D eigenvalue weighted by Gasteiger charge is -2.21. The van der Waals surface area contributed by atoms with Gasteiger partial charge in [-0.2, -0.15) is 4.31 Å². The molecule has 1 aliphatic heterocycles. The van der Waals surface area contributed by atoms with Crippen LogP contribution in [0, 0.1) is 13.8 Å². The van der Waals surface area contributed by atoms with Crippen molar-refractivity contribution < 1.29 is 27.5 Å². The first kappa shape index (κ1) is 16.0. The monoisotopic (exact) mass is 317 g/mol. The van der Waals surface area contributed by atoms with Crippen LogP contribution in [0.5, 0.6) is 0 Å². The number of ether oxygens (including phenoxy) is 1. The van der Waals surface area contributed by atoms with Gasteiger partial charge in [-0.05, 0) is 27.2 Å². The molecule has 2 rings (SSSR count). The van der Waals surface area contributed by atoms with Crippen molar-refractivity contribution in [2.24, 2.45) is 0 Å². The van der Waals surface area contributed by atoms with Crippen LogP contribution in [0.3, 0.4) is 0 Å². The highest BCUT2D eigenvalue weighted by molar-refractivity contribution is 7.89. The molecule has 1 fully saturated rings. The van der Waals surface area contributed by atoms with Crippen molar-refractivity contribution in [3.05, 3.63) is 17.1 Å². The van der Waals surface area contributed by atoms with E-state index >= 15 is 0 Å². The van der Waals surface area contributed by atoms with Gasteiger partial charge in [-0.3, -0.25) is 0 Å². The van der Waals surface area contributed by atoms with E-state index in [-0.39, 0.29) is 34.6 Å². The number of rotatable bonds is 3. The van der Waals surface area contributed by atoms with Crippen LogP contribution in [0.4, 0.5) is 0 Å². The molecule has 118 valence electrons. The van der Waals surface area contributed by atoms with Crippen LogP contribution in [-0.2, 0) is 14.8 Å². The smallest absolute Gasteiger partial charge is 0.340 e. The molecule has 1 atom stereocenters.